The lowest BCUT2D eigenvalue weighted by molar-refractivity contribution is -0.145. The Morgan fingerprint density at radius 1 is 1.20 bits per heavy atom. The Kier molecular flexibility index (Phi) is 3.82. The van der Waals surface area contributed by atoms with Crippen LogP contribution in [0.15, 0.2) is 24.3 Å². The fourth-order valence-electron chi connectivity index (χ4n) is 3.71. The second-order valence-corrected chi connectivity index (χ2v) is 7.05. The van der Waals surface area contributed by atoms with Crippen molar-refractivity contribution < 1.29 is 14.7 Å². The number of nitrogens with one attached hydrogen (secondary N) is 1. The molecule has 2 N–H and O–H groups in total. The summed E-state index contributed by atoms with van der Waals surface area (Å²) in [6.07, 6.45) is 3.83. The number of carbonyl (C=O) groups is 2. The van der Waals surface area contributed by atoms with Crippen molar-refractivity contribution in [2.45, 2.75) is 45.1 Å². The van der Waals surface area contributed by atoms with Gasteiger partial charge in [0.25, 0.3) is 5.91 Å². The zero-order valence-electron chi connectivity index (χ0n) is 14.2. The van der Waals surface area contributed by atoms with Crippen LogP contribution in [0.3, 0.4) is 0 Å². The number of amides is 1. The van der Waals surface area contributed by atoms with Crippen molar-refractivity contribution in [3.05, 3.63) is 46.8 Å². The van der Waals surface area contributed by atoms with Gasteiger partial charge in [-0.25, -0.2) is 4.68 Å². The van der Waals surface area contributed by atoms with E-state index in [1.807, 2.05) is 35.9 Å². The number of nitrogens with zero attached hydrogens (tertiary/aromatic N) is 2. The fraction of sp³-hybridized carbons (Fsp3) is 0.421. The van der Waals surface area contributed by atoms with E-state index in [-0.39, 0.29) is 17.9 Å². The number of carboxylic acid groups (broad SMARTS) is 1. The Bertz CT molecular complexity index is 832. The molecule has 0 bridgehead atoms. The van der Waals surface area contributed by atoms with E-state index in [9.17, 15) is 9.59 Å². The molecular weight excluding hydrogens is 318 g/mol. The van der Waals surface area contributed by atoms with Crippen molar-refractivity contribution in [2.75, 3.05) is 0 Å². The molecule has 0 spiro atoms. The van der Waals surface area contributed by atoms with Crippen LogP contribution in [0.25, 0.3) is 5.69 Å². The number of fused-ring (bicyclic) bond motifs is 1. The van der Waals surface area contributed by atoms with Gasteiger partial charge in [-0.3, -0.25) is 9.59 Å². The van der Waals surface area contributed by atoms with E-state index in [1.165, 1.54) is 5.56 Å². The van der Waals surface area contributed by atoms with Gasteiger partial charge in [0, 0.05) is 17.3 Å². The van der Waals surface area contributed by atoms with Crippen LogP contribution in [-0.2, 0) is 17.6 Å². The van der Waals surface area contributed by atoms with Gasteiger partial charge in [0.15, 0.2) is 5.69 Å². The highest BCUT2D eigenvalue weighted by molar-refractivity contribution is 5.94. The summed E-state index contributed by atoms with van der Waals surface area (Å²) in [4.78, 5) is 23.5. The van der Waals surface area contributed by atoms with Crippen LogP contribution in [0, 0.1) is 12.8 Å². The third kappa shape index (κ3) is 2.81. The lowest BCUT2D eigenvalue weighted by Crippen LogP contribution is -2.47. The number of benzene rings is 1. The number of aromatic nitrogens is 2. The van der Waals surface area contributed by atoms with Crippen LogP contribution in [-0.4, -0.2) is 32.8 Å². The molecule has 25 heavy (non-hydrogen) atoms. The Hall–Kier alpha value is -2.63. The summed E-state index contributed by atoms with van der Waals surface area (Å²) in [5, 5.41) is 16.5. The molecule has 0 unspecified atom stereocenters. The first-order valence-electron chi connectivity index (χ1n) is 8.74. The Balaban J connectivity index is 1.56. The van der Waals surface area contributed by atoms with Crippen LogP contribution < -0.4 is 5.32 Å². The molecule has 1 aromatic carbocycles. The Morgan fingerprint density at radius 3 is 2.60 bits per heavy atom. The molecule has 1 heterocycles. The average Bonchev–Trinajstić information content (AvgIpc) is 3.13. The number of aliphatic carboxylic acids is 1. The highest BCUT2D eigenvalue weighted by Crippen LogP contribution is 2.30. The van der Waals surface area contributed by atoms with E-state index >= 15 is 0 Å². The summed E-state index contributed by atoms with van der Waals surface area (Å²) in [5.74, 6) is -1.30. The highest BCUT2D eigenvalue weighted by atomic mass is 16.4. The van der Waals surface area contributed by atoms with Gasteiger partial charge >= 0.3 is 5.97 Å². The number of hydrogen-bond acceptors (Lipinski definition) is 3. The molecule has 6 nitrogen and oxygen atoms in total. The Morgan fingerprint density at radius 2 is 1.92 bits per heavy atom. The van der Waals surface area contributed by atoms with E-state index < -0.39 is 5.97 Å². The molecular formula is C19H21N3O3. The molecule has 0 aliphatic heterocycles. The lowest BCUT2D eigenvalue weighted by Gasteiger charge is -2.32. The molecule has 1 aromatic heterocycles. The van der Waals surface area contributed by atoms with Crippen molar-refractivity contribution in [3.63, 3.8) is 0 Å². The first kappa shape index (κ1) is 15.9. The van der Waals surface area contributed by atoms with E-state index in [2.05, 4.69) is 10.4 Å². The number of aryl methyl sites for hydroxylation is 1. The second kappa shape index (κ2) is 6.02. The highest BCUT2D eigenvalue weighted by Gasteiger charge is 2.36. The average molecular weight is 339 g/mol. The summed E-state index contributed by atoms with van der Waals surface area (Å²) in [7, 11) is 0. The van der Waals surface area contributed by atoms with Gasteiger partial charge < -0.3 is 10.4 Å². The van der Waals surface area contributed by atoms with Gasteiger partial charge in [-0.05, 0) is 51.2 Å². The first-order chi connectivity index (χ1) is 12.0. The molecule has 130 valence electrons. The van der Waals surface area contributed by atoms with Crippen molar-refractivity contribution >= 4 is 11.9 Å². The molecule has 4 rings (SSSR count). The quantitative estimate of drug-likeness (QED) is 0.895. The molecule has 0 atom stereocenters. The summed E-state index contributed by atoms with van der Waals surface area (Å²) in [5.41, 5.74) is 4.80. The summed E-state index contributed by atoms with van der Waals surface area (Å²) in [6.45, 7) is 2.04. The topological polar surface area (TPSA) is 84.2 Å². The minimum absolute atomic E-state index is 0.0600. The maximum atomic E-state index is 12.6. The Labute approximate surface area is 145 Å². The molecule has 1 saturated carbocycles. The number of carboxylic acids is 1. The predicted molar refractivity (Wildman–Crippen MR) is 91.9 cm³/mol. The van der Waals surface area contributed by atoms with Gasteiger partial charge in [-0.1, -0.05) is 17.7 Å². The van der Waals surface area contributed by atoms with Crippen molar-refractivity contribution in [3.8, 4) is 5.69 Å². The fourth-order valence-corrected chi connectivity index (χ4v) is 3.71. The van der Waals surface area contributed by atoms with Crippen LogP contribution in [0.5, 0.6) is 0 Å². The minimum Gasteiger partial charge on any atom is -0.481 e. The zero-order chi connectivity index (χ0) is 17.6. The standard InChI is InChI=1S/C19H21N3O3/c1-11-5-7-14(8-6-11)22-16-4-2-3-15(16)17(21-22)18(23)20-13-9-12(10-13)19(24)25/h5-8,12-13H,2-4,9-10H2,1H3,(H,20,23)(H,24,25). The van der Waals surface area contributed by atoms with Gasteiger partial charge in [0.05, 0.1) is 11.6 Å². The molecule has 2 aliphatic carbocycles. The van der Waals surface area contributed by atoms with Crippen LogP contribution >= 0.6 is 0 Å². The molecule has 0 radical (unpaired) electrons. The molecule has 6 heteroatoms. The predicted octanol–water partition coefficient (Wildman–Crippen LogP) is 2.26. The van der Waals surface area contributed by atoms with E-state index in [0.717, 1.165) is 36.2 Å². The third-order valence-corrected chi connectivity index (χ3v) is 5.25. The third-order valence-electron chi connectivity index (χ3n) is 5.25. The summed E-state index contributed by atoms with van der Waals surface area (Å²) >= 11 is 0. The maximum Gasteiger partial charge on any atom is 0.306 e. The lowest BCUT2D eigenvalue weighted by atomic mass is 9.80. The maximum absolute atomic E-state index is 12.6. The SMILES string of the molecule is Cc1ccc(-n2nc(C(=O)NC3CC(C(=O)O)C3)c3c2CCC3)cc1. The molecule has 1 fully saturated rings. The van der Waals surface area contributed by atoms with Gasteiger partial charge in [0.2, 0.25) is 0 Å². The second-order valence-electron chi connectivity index (χ2n) is 7.05. The van der Waals surface area contributed by atoms with Gasteiger partial charge in [-0.2, -0.15) is 5.10 Å². The number of rotatable bonds is 4. The molecule has 2 aliphatic rings. The molecule has 0 saturated heterocycles. The van der Waals surface area contributed by atoms with Gasteiger partial charge in [0.1, 0.15) is 0 Å². The van der Waals surface area contributed by atoms with E-state index in [1.54, 1.807) is 0 Å². The van der Waals surface area contributed by atoms with Crippen molar-refractivity contribution in [1.82, 2.24) is 15.1 Å². The zero-order valence-corrected chi connectivity index (χ0v) is 14.2. The van der Waals surface area contributed by atoms with Crippen molar-refractivity contribution in [2.24, 2.45) is 5.92 Å². The van der Waals surface area contributed by atoms with Crippen LogP contribution in [0.2, 0.25) is 0 Å². The monoisotopic (exact) mass is 339 g/mol. The largest absolute Gasteiger partial charge is 0.481 e. The van der Waals surface area contributed by atoms with E-state index in [4.69, 9.17) is 5.11 Å². The molecule has 1 amide bonds. The normalized spacial score (nSPS) is 21.5. The minimum atomic E-state index is -0.782. The summed E-state index contributed by atoms with van der Waals surface area (Å²) in [6, 6.07) is 8.06. The molecule has 2 aromatic rings. The van der Waals surface area contributed by atoms with Crippen LogP contribution in [0.1, 0.15) is 46.6 Å². The van der Waals surface area contributed by atoms with Gasteiger partial charge in [-0.15, -0.1) is 0 Å². The first-order valence-corrected chi connectivity index (χ1v) is 8.74. The van der Waals surface area contributed by atoms with E-state index in [0.29, 0.717) is 18.5 Å². The van der Waals surface area contributed by atoms with Crippen LogP contribution in [0.4, 0.5) is 0 Å². The number of carbonyl (C=O) groups excluding carboxylic acids is 1. The smallest absolute Gasteiger partial charge is 0.306 e. The number of hydrogen-bond donors (Lipinski definition) is 2. The van der Waals surface area contributed by atoms with Crippen molar-refractivity contribution in [1.29, 1.82) is 0 Å². The summed E-state index contributed by atoms with van der Waals surface area (Å²) < 4.78 is 1.89.